The molecule has 3 nitrogen and oxygen atoms in total. The van der Waals surface area contributed by atoms with Crippen molar-refractivity contribution in [2.75, 3.05) is 24.6 Å². The largest absolute Gasteiger partial charge is 0.337 e. The van der Waals surface area contributed by atoms with E-state index < -0.39 is 0 Å². The minimum Gasteiger partial charge on any atom is -0.337 e. The van der Waals surface area contributed by atoms with Crippen LogP contribution in [0.3, 0.4) is 0 Å². The Morgan fingerprint density at radius 2 is 2.37 bits per heavy atom. The molecule has 104 valence electrons. The molecule has 1 aromatic carbocycles. The van der Waals surface area contributed by atoms with Crippen molar-refractivity contribution in [1.82, 2.24) is 10.2 Å². The summed E-state index contributed by atoms with van der Waals surface area (Å²) in [4.78, 5) is 14.4. The molecule has 0 spiro atoms. The minimum absolute atomic E-state index is 0.0106. The summed E-state index contributed by atoms with van der Waals surface area (Å²) in [6.07, 6.45) is 0. The van der Waals surface area contributed by atoms with E-state index in [1.807, 2.05) is 23.6 Å². The lowest BCUT2D eigenvalue weighted by molar-refractivity contribution is -0.133. The molecule has 1 aliphatic rings. The van der Waals surface area contributed by atoms with Gasteiger partial charge < -0.3 is 10.2 Å². The second-order valence-corrected chi connectivity index (χ2v) is 6.07. The van der Waals surface area contributed by atoms with Crippen molar-refractivity contribution in [3.8, 4) is 0 Å². The predicted molar refractivity (Wildman–Crippen MR) is 81.4 cm³/mol. The number of rotatable bonds is 4. The summed E-state index contributed by atoms with van der Waals surface area (Å²) >= 11 is 1.86. The van der Waals surface area contributed by atoms with E-state index in [0.717, 1.165) is 24.6 Å². The normalized spacial score (nSPS) is 19.2. The summed E-state index contributed by atoms with van der Waals surface area (Å²) in [5, 5.41) is 3.32. The van der Waals surface area contributed by atoms with Gasteiger partial charge in [-0.25, -0.2) is 0 Å². The molecule has 4 heteroatoms. The molecular weight excluding hydrogens is 256 g/mol. The predicted octanol–water partition coefficient (Wildman–Crippen LogP) is 2.05. The zero-order valence-corrected chi connectivity index (χ0v) is 12.5. The van der Waals surface area contributed by atoms with E-state index in [0.29, 0.717) is 6.54 Å². The van der Waals surface area contributed by atoms with Crippen molar-refractivity contribution in [2.45, 2.75) is 26.4 Å². The number of carbonyl (C=O) groups is 1. The van der Waals surface area contributed by atoms with Gasteiger partial charge in [0.05, 0.1) is 6.04 Å². The second-order valence-electron chi connectivity index (χ2n) is 4.92. The summed E-state index contributed by atoms with van der Waals surface area (Å²) in [6.45, 7) is 6.53. The Kier molecular flexibility index (Phi) is 5.28. The molecule has 2 rings (SSSR count). The van der Waals surface area contributed by atoms with Crippen LogP contribution in [0.2, 0.25) is 0 Å². The van der Waals surface area contributed by atoms with Crippen LogP contribution in [0.4, 0.5) is 0 Å². The molecular formula is C15H22N2OS. The summed E-state index contributed by atoms with van der Waals surface area (Å²) in [6, 6.07) is 8.37. The van der Waals surface area contributed by atoms with Crippen LogP contribution >= 0.6 is 11.8 Å². The zero-order valence-electron chi connectivity index (χ0n) is 11.7. The Morgan fingerprint density at radius 1 is 1.53 bits per heavy atom. The van der Waals surface area contributed by atoms with Crippen LogP contribution in [0, 0.1) is 6.92 Å². The topological polar surface area (TPSA) is 32.3 Å². The van der Waals surface area contributed by atoms with Crippen LogP contribution in [0.5, 0.6) is 0 Å². The molecule has 1 fully saturated rings. The molecule has 1 saturated heterocycles. The van der Waals surface area contributed by atoms with Crippen LogP contribution in [0.1, 0.15) is 18.1 Å². The van der Waals surface area contributed by atoms with Gasteiger partial charge in [0, 0.05) is 31.1 Å². The Morgan fingerprint density at radius 3 is 3.00 bits per heavy atom. The van der Waals surface area contributed by atoms with Gasteiger partial charge in [0.15, 0.2) is 0 Å². The number of hydrogen-bond donors (Lipinski definition) is 1. The molecule has 1 amide bonds. The number of benzene rings is 1. The number of likely N-dealkylation sites (N-methyl/N-ethyl adjacent to an activating group) is 1. The third-order valence-electron chi connectivity index (χ3n) is 3.37. The molecule has 1 unspecified atom stereocenters. The maximum Gasteiger partial charge on any atom is 0.240 e. The van der Waals surface area contributed by atoms with Gasteiger partial charge in [-0.2, -0.15) is 11.8 Å². The first kappa shape index (κ1) is 14.4. The van der Waals surface area contributed by atoms with Crippen molar-refractivity contribution < 1.29 is 4.79 Å². The first-order chi connectivity index (χ1) is 9.20. The van der Waals surface area contributed by atoms with Gasteiger partial charge in [-0.15, -0.1) is 0 Å². The highest BCUT2D eigenvalue weighted by molar-refractivity contribution is 7.99. The lowest BCUT2D eigenvalue weighted by Gasteiger charge is -2.29. The Balaban J connectivity index is 2.00. The van der Waals surface area contributed by atoms with E-state index >= 15 is 0 Å². The summed E-state index contributed by atoms with van der Waals surface area (Å²) in [5.41, 5.74) is 2.45. The van der Waals surface area contributed by atoms with Crippen LogP contribution < -0.4 is 5.32 Å². The van der Waals surface area contributed by atoms with Gasteiger partial charge in [0.25, 0.3) is 0 Å². The van der Waals surface area contributed by atoms with Crippen molar-refractivity contribution in [1.29, 1.82) is 0 Å². The molecule has 1 atom stereocenters. The van der Waals surface area contributed by atoms with E-state index in [4.69, 9.17) is 0 Å². The number of nitrogens with zero attached hydrogens (tertiary/aromatic N) is 1. The SMILES string of the molecule is CCN(Cc1cccc(C)c1)C(=O)C1CSCCN1. The molecule has 0 radical (unpaired) electrons. The highest BCUT2D eigenvalue weighted by atomic mass is 32.2. The van der Waals surface area contributed by atoms with Crippen molar-refractivity contribution in [2.24, 2.45) is 0 Å². The average molecular weight is 278 g/mol. The number of hydrogen-bond acceptors (Lipinski definition) is 3. The molecule has 0 bridgehead atoms. The van der Waals surface area contributed by atoms with Gasteiger partial charge in [0.2, 0.25) is 5.91 Å². The fourth-order valence-electron chi connectivity index (χ4n) is 2.32. The van der Waals surface area contributed by atoms with Crippen LogP contribution in [-0.2, 0) is 11.3 Å². The summed E-state index contributed by atoms with van der Waals surface area (Å²) < 4.78 is 0. The highest BCUT2D eigenvalue weighted by Crippen LogP contribution is 2.13. The molecule has 1 aliphatic heterocycles. The average Bonchev–Trinajstić information content (AvgIpc) is 2.45. The molecule has 0 aliphatic carbocycles. The molecule has 1 N–H and O–H groups in total. The third kappa shape index (κ3) is 3.98. The number of aryl methyl sites for hydroxylation is 1. The molecule has 1 aromatic rings. The van der Waals surface area contributed by atoms with Crippen LogP contribution in [-0.4, -0.2) is 41.4 Å². The zero-order chi connectivity index (χ0) is 13.7. The molecule has 0 saturated carbocycles. The minimum atomic E-state index is -0.0106. The van der Waals surface area contributed by atoms with Crippen molar-refractivity contribution in [3.63, 3.8) is 0 Å². The van der Waals surface area contributed by atoms with Crippen molar-refractivity contribution >= 4 is 17.7 Å². The van der Waals surface area contributed by atoms with E-state index in [1.54, 1.807) is 0 Å². The van der Waals surface area contributed by atoms with Gasteiger partial charge in [0.1, 0.15) is 0 Å². The van der Waals surface area contributed by atoms with Crippen molar-refractivity contribution in [3.05, 3.63) is 35.4 Å². The van der Waals surface area contributed by atoms with E-state index in [9.17, 15) is 4.79 Å². The fraction of sp³-hybridized carbons (Fsp3) is 0.533. The fourth-order valence-corrected chi connectivity index (χ4v) is 3.25. The lowest BCUT2D eigenvalue weighted by atomic mass is 10.1. The second kappa shape index (κ2) is 6.96. The van der Waals surface area contributed by atoms with Gasteiger partial charge in [-0.05, 0) is 19.4 Å². The quantitative estimate of drug-likeness (QED) is 0.915. The Labute approximate surface area is 119 Å². The number of nitrogens with one attached hydrogen (secondary N) is 1. The monoisotopic (exact) mass is 278 g/mol. The highest BCUT2D eigenvalue weighted by Gasteiger charge is 2.25. The first-order valence-electron chi connectivity index (χ1n) is 6.86. The summed E-state index contributed by atoms with van der Waals surface area (Å²) in [7, 11) is 0. The third-order valence-corrected chi connectivity index (χ3v) is 4.43. The number of amides is 1. The molecule has 19 heavy (non-hydrogen) atoms. The van der Waals surface area contributed by atoms with Crippen LogP contribution in [0.15, 0.2) is 24.3 Å². The van der Waals surface area contributed by atoms with Gasteiger partial charge in [-0.1, -0.05) is 29.8 Å². The smallest absolute Gasteiger partial charge is 0.240 e. The van der Waals surface area contributed by atoms with E-state index in [2.05, 4.69) is 36.5 Å². The maximum atomic E-state index is 12.5. The van der Waals surface area contributed by atoms with Crippen LogP contribution in [0.25, 0.3) is 0 Å². The maximum absolute atomic E-state index is 12.5. The van der Waals surface area contributed by atoms with E-state index in [-0.39, 0.29) is 11.9 Å². The lowest BCUT2D eigenvalue weighted by Crippen LogP contribution is -2.50. The summed E-state index contributed by atoms with van der Waals surface area (Å²) in [5.74, 6) is 2.23. The van der Waals surface area contributed by atoms with Gasteiger partial charge in [-0.3, -0.25) is 4.79 Å². The van der Waals surface area contributed by atoms with E-state index in [1.165, 1.54) is 11.1 Å². The molecule has 0 aromatic heterocycles. The Hall–Kier alpha value is -1.00. The van der Waals surface area contributed by atoms with Gasteiger partial charge >= 0.3 is 0 Å². The first-order valence-corrected chi connectivity index (χ1v) is 8.01. The Bertz CT molecular complexity index is 430. The standard InChI is InChI=1S/C15H22N2OS/c1-3-17(10-13-6-4-5-12(2)9-13)15(18)14-11-19-8-7-16-14/h4-6,9,14,16H,3,7-8,10-11H2,1-2H3. The number of thioether (sulfide) groups is 1. The molecule has 1 heterocycles. The number of carbonyl (C=O) groups excluding carboxylic acids is 1.